The van der Waals surface area contributed by atoms with Crippen LogP contribution in [0.15, 0.2) is 58.8 Å². The number of thiazole rings is 1. The Balaban J connectivity index is 1.51. The van der Waals surface area contributed by atoms with Crippen molar-refractivity contribution >= 4 is 23.1 Å². The van der Waals surface area contributed by atoms with Crippen molar-refractivity contribution in [1.82, 2.24) is 19.7 Å². The number of nitrogens with zero attached hydrogens (tertiary/aromatic N) is 4. The van der Waals surface area contributed by atoms with E-state index in [1.807, 2.05) is 11.8 Å². The van der Waals surface area contributed by atoms with Gasteiger partial charge in [-0.05, 0) is 30.0 Å². The van der Waals surface area contributed by atoms with E-state index in [0.29, 0.717) is 5.92 Å². The molecule has 0 fully saturated rings. The number of rotatable bonds is 4. The molecule has 6 heteroatoms. The molecule has 1 unspecified atom stereocenters. The van der Waals surface area contributed by atoms with Crippen LogP contribution in [-0.2, 0) is 5.75 Å². The van der Waals surface area contributed by atoms with Gasteiger partial charge in [-0.15, -0.1) is 33.3 Å². The third-order valence-electron chi connectivity index (χ3n) is 5.28. The SMILES string of the molecule is CCC(C)c1ccc(-c2csc(-c3nnc4n3-c3ccccc3SC4)n2)cc1. The van der Waals surface area contributed by atoms with E-state index in [4.69, 9.17) is 4.98 Å². The van der Waals surface area contributed by atoms with Gasteiger partial charge in [0.2, 0.25) is 0 Å². The molecule has 3 heterocycles. The molecule has 4 aromatic rings. The van der Waals surface area contributed by atoms with Crippen LogP contribution in [0.5, 0.6) is 0 Å². The van der Waals surface area contributed by atoms with E-state index in [-0.39, 0.29) is 0 Å². The van der Waals surface area contributed by atoms with Crippen molar-refractivity contribution in [3.05, 3.63) is 65.3 Å². The molecule has 0 aliphatic carbocycles. The average Bonchev–Trinajstić information content (AvgIpc) is 3.40. The van der Waals surface area contributed by atoms with Crippen LogP contribution in [0.25, 0.3) is 27.8 Å². The molecule has 0 saturated carbocycles. The van der Waals surface area contributed by atoms with Crippen LogP contribution in [0.2, 0.25) is 0 Å². The van der Waals surface area contributed by atoms with Crippen molar-refractivity contribution in [3.8, 4) is 27.8 Å². The number of hydrogen-bond acceptors (Lipinski definition) is 5. The highest BCUT2D eigenvalue weighted by Gasteiger charge is 2.24. The van der Waals surface area contributed by atoms with Crippen molar-refractivity contribution in [2.75, 3.05) is 0 Å². The highest BCUT2D eigenvalue weighted by molar-refractivity contribution is 7.98. The summed E-state index contributed by atoms with van der Waals surface area (Å²) >= 11 is 3.43. The zero-order chi connectivity index (χ0) is 19.1. The molecule has 140 valence electrons. The van der Waals surface area contributed by atoms with Gasteiger partial charge in [-0.25, -0.2) is 4.98 Å². The first-order valence-corrected chi connectivity index (χ1v) is 11.3. The predicted molar refractivity (Wildman–Crippen MR) is 116 cm³/mol. The third-order valence-corrected chi connectivity index (χ3v) is 7.17. The summed E-state index contributed by atoms with van der Waals surface area (Å²) in [5, 5.41) is 11.9. The molecule has 4 nitrogen and oxygen atoms in total. The van der Waals surface area contributed by atoms with Gasteiger partial charge in [-0.3, -0.25) is 4.57 Å². The Bertz CT molecular complexity index is 1130. The van der Waals surface area contributed by atoms with Gasteiger partial charge < -0.3 is 0 Å². The molecule has 2 aromatic heterocycles. The molecule has 5 rings (SSSR count). The summed E-state index contributed by atoms with van der Waals surface area (Å²) < 4.78 is 2.15. The van der Waals surface area contributed by atoms with Crippen LogP contribution in [0.1, 0.15) is 37.6 Å². The number of hydrogen-bond donors (Lipinski definition) is 0. The summed E-state index contributed by atoms with van der Waals surface area (Å²) in [6.45, 7) is 4.49. The summed E-state index contributed by atoms with van der Waals surface area (Å²) in [5.41, 5.74) is 4.65. The van der Waals surface area contributed by atoms with E-state index >= 15 is 0 Å². The molecule has 0 spiro atoms. The van der Waals surface area contributed by atoms with Crippen LogP contribution in [-0.4, -0.2) is 19.7 Å². The third kappa shape index (κ3) is 2.97. The van der Waals surface area contributed by atoms with Gasteiger partial charge >= 0.3 is 0 Å². The molecule has 1 aliphatic rings. The Labute approximate surface area is 172 Å². The van der Waals surface area contributed by atoms with E-state index < -0.39 is 0 Å². The highest BCUT2D eigenvalue weighted by atomic mass is 32.2. The molecule has 28 heavy (non-hydrogen) atoms. The van der Waals surface area contributed by atoms with Crippen molar-refractivity contribution in [2.45, 2.75) is 36.8 Å². The van der Waals surface area contributed by atoms with Crippen LogP contribution in [0, 0.1) is 0 Å². The standard InChI is InChI=1S/C22H20N4S2/c1-3-14(2)15-8-10-16(11-9-15)17-12-28-22(23-17)21-25-24-20-13-27-19-7-5-4-6-18(19)26(20)21/h4-12,14H,3,13H2,1-2H3. The molecular formula is C22H20N4S2. The lowest BCUT2D eigenvalue weighted by Crippen LogP contribution is -2.07. The summed E-state index contributed by atoms with van der Waals surface area (Å²) in [6.07, 6.45) is 1.15. The summed E-state index contributed by atoms with van der Waals surface area (Å²) in [7, 11) is 0. The van der Waals surface area contributed by atoms with E-state index in [1.54, 1.807) is 11.3 Å². The second-order valence-corrected chi connectivity index (χ2v) is 8.88. The van der Waals surface area contributed by atoms with Gasteiger partial charge in [0.15, 0.2) is 10.8 Å². The van der Waals surface area contributed by atoms with E-state index in [0.717, 1.165) is 45.8 Å². The van der Waals surface area contributed by atoms with Gasteiger partial charge in [0, 0.05) is 15.8 Å². The minimum absolute atomic E-state index is 0.584. The van der Waals surface area contributed by atoms with Crippen LogP contribution in [0.4, 0.5) is 0 Å². The molecule has 0 bridgehead atoms. The van der Waals surface area contributed by atoms with Gasteiger partial charge in [0.05, 0.1) is 17.1 Å². The maximum absolute atomic E-state index is 4.89. The summed E-state index contributed by atoms with van der Waals surface area (Å²) in [5.74, 6) is 3.23. The highest BCUT2D eigenvalue weighted by Crippen LogP contribution is 2.38. The van der Waals surface area contributed by atoms with E-state index in [1.165, 1.54) is 10.5 Å². The lowest BCUT2D eigenvalue weighted by atomic mass is 9.97. The first kappa shape index (κ1) is 17.6. The number of para-hydroxylation sites is 1. The first-order valence-electron chi connectivity index (χ1n) is 9.47. The fourth-order valence-electron chi connectivity index (χ4n) is 3.44. The number of fused-ring (bicyclic) bond motifs is 3. The van der Waals surface area contributed by atoms with Crippen molar-refractivity contribution in [1.29, 1.82) is 0 Å². The largest absolute Gasteiger partial charge is 0.275 e. The van der Waals surface area contributed by atoms with Crippen molar-refractivity contribution < 1.29 is 0 Å². The monoisotopic (exact) mass is 404 g/mol. The van der Waals surface area contributed by atoms with Crippen LogP contribution >= 0.6 is 23.1 Å². The van der Waals surface area contributed by atoms with Crippen molar-refractivity contribution in [2.24, 2.45) is 0 Å². The number of benzene rings is 2. The Kier molecular flexibility index (Phi) is 4.53. The predicted octanol–water partition coefficient (Wildman–Crippen LogP) is 6.18. The Hall–Kier alpha value is -2.44. The molecule has 0 N–H and O–H groups in total. The minimum atomic E-state index is 0.584. The number of thioether (sulfide) groups is 1. The van der Waals surface area contributed by atoms with Gasteiger partial charge in [-0.1, -0.05) is 50.2 Å². The lowest BCUT2D eigenvalue weighted by Gasteiger charge is -2.17. The van der Waals surface area contributed by atoms with E-state index in [9.17, 15) is 0 Å². The van der Waals surface area contributed by atoms with Crippen LogP contribution in [0.3, 0.4) is 0 Å². The Morgan fingerprint density at radius 3 is 2.71 bits per heavy atom. The fourth-order valence-corrected chi connectivity index (χ4v) is 5.19. The van der Waals surface area contributed by atoms with Crippen molar-refractivity contribution in [3.63, 3.8) is 0 Å². The number of aromatic nitrogens is 4. The Morgan fingerprint density at radius 2 is 1.89 bits per heavy atom. The minimum Gasteiger partial charge on any atom is -0.275 e. The van der Waals surface area contributed by atoms with Gasteiger partial charge in [0.25, 0.3) is 0 Å². The zero-order valence-corrected chi connectivity index (χ0v) is 17.4. The van der Waals surface area contributed by atoms with Gasteiger partial charge in [-0.2, -0.15) is 0 Å². The molecule has 0 radical (unpaired) electrons. The first-order chi connectivity index (χ1) is 13.7. The molecule has 1 atom stereocenters. The lowest BCUT2D eigenvalue weighted by molar-refractivity contribution is 0.734. The average molecular weight is 405 g/mol. The fraction of sp³-hybridized carbons (Fsp3) is 0.227. The maximum atomic E-state index is 4.89. The smallest absolute Gasteiger partial charge is 0.197 e. The topological polar surface area (TPSA) is 43.6 Å². The summed E-state index contributed by atoms with van der Waals surface area (Å²) in [6, 6.07) is 17.2. The van der Waals surface area contributed by atoms with Crippen LogP contribution < -0.4 is 0 Å². The Morgan fingerprint density at radius 1 is 1.07 bits per heavy atom. The molecule has 1 aliphatic heterocycles. The molecule has 0 saturated heterocycles. The maximum Gasteiger partial charge on any atom is 0.197 e. The zero-order valence-electron chi connectivity index (χ0n) is 15.8. The molecular weight excluding hydrogens is 384 g/mol. The van der Waals surface area contributed by atoms with E-state index in [2.05, 4.69) is 82.5 Å². The molecule has 2 aromatic carbocycles. The van der Waals surface area contributed by atoms with Gasteiger partial charge in [0.1, 0.15) is 5.82 Å². The second-order valence-electron chi connectivity index (χ2n) is 7.00. The quantitative estimate of drug-likeness (QED) is 0.407. The summed E-state index contributed by atoms with van der Waals surface area (Å²) in [4.78, 5) is 6.14. The normalized spacial score (nSPS) is 13.8. The molecule has 0 amide bonds. The second kappa shape index (κ2) is 7.18.